The first-order valence-corrected chi connectivity index (χ1v) is 4.28. The van der Waals surface area contributed by atoms with Crippen LogP contribution in [0.1, 0.15) is 6.92 Å². The van der Waals surface area contributed by atoms with Gasteiger partial charge in [0, 0.05) is 6.54 Å². The molecule has 0 spiro atoms. The number of anilines is 2. The molecule has 0 amide bonds. The fourth-order valence-corrected chi connectivity index (χ4v) is 1.53. The first kappa shape index (κ1) is 8.04. The van der Waals surface area contributed by atoms with Gasteiger partial charge in [-0.25, -0.2) is 5.01 Å². The predicted molar refractivity (Wildman–Crippen MR) is 52.7 cm³/mol. The third kappa shape index (κ3) is 1.24. The van der Waals surface area contributed by atoms with Gasteiger partial charge in [0.1, 0.15) is 0 Å². The van der Waals surface area contributed by atoms with Gasteiger partial charge < -0.3 is 5.32 Å². The molecule has 1 atom stereocenters. The van der Waals surface area contributed by atoms with Crippen molar-refractivity contribution < 1.29 is 0 Å². The highest BCUT2D eigenvalue weighted by atomic mass is 16.3. The molecule has 68 valence electrons. The van der Waals surface area contributed by atoms with Crippen molar-refractivity contribution in [1.82, 2.24) is 0 Å². The fraction of sp³-hybridized carbons (Fsp3) is 0.333. The van der Waals surface area contributed by atoms with Gasteiger partial charge in [0.2, 0.25) is 0 Å². The summed E-state index contributed by atoms with van der Waals surface area (Å²) in [6.45, 7) is 2.72. The standard InChI is InChI=1S/C9H11N3O/c1-7-6-10-8-4-2-3-5-9(8)12(7)11-13/h2-5,7,10H,6H2,1H3/t7-/m1/s1. The molecular formula is C9H11N3O. The number of benzene rings is 1. The summed E-state index contributed by atoms with van der Waals surface area (Å²) in [6.07, 6.45) is 0. The average Bonchev–Trinajstić information content (AvgIpc) is 2.18. The van der Waals surface area contributed by atoms with E-state index in [-0.39, 0.29) is 6.04 Å². The number of hydrogen-bond donors (Lipinski definition) is 1. The van der Waals surface area contributed by atoms with Crippen LogP contribution in [0.5, 0.6) is 0 Å². The monoisotopic (exact) mass is 177 g/mol. The molecule has 0 saturated heterocycles. The molecule has 1 aliphatic rings. The molecule has 0 aromatic heterocycles. The van der Waals surface area contributed by atoms with E-state index in [0.717, 1.165) is 17.9 Å². The number of hydrogen-bond acceptors (Lipinski definition) is 3. The maximum Gasteiger partial charge on any atom is 0.0861 e. The molecule has 0 radical (unpaired) electrons. The molecule has 2 rings (SSSR count). The van der Waals surface area contributed by atoms with Crippen molar-refractivity contribution in [3.05, 3.63) is 29.2 Å². The van der Waals surface area contributed by atoms with Gasteiger partial charge in [0.05, 0.1) is 22.7 Å². The molecule has 0 bridgehead atoms. The molecule has 1 aromatic carbocycles. The summed E-state index contributed by atoms with van der Waals surface area (Å²) in [5.74, 6) is 0. The summed E-state index contributed by atoms with van der Waals surface area (Å²) in [6, 6.07) is 7.78. The predicted octanol–water partition coefficient (Wildman–Crippen LogP) is 1.99. The molecule has 0 saturated carbocycles. The molecule has 4 heteroatoms. The van der Waals surface area contributed by atoms with E-state index in [1.807, 2.05) is 31.2 Å². The molecule has 1 heterocycles. The largest absolute Gasteiger partial charge is 0.381 e. The highest BCUT2D eigenvalue weighted by Crippen LogP contribution is 2.30. The summed E-state index contributed by atoms with van der Waals surface area (Å²) in [4.78, 5) is 10.6. The Balaban J connectivity index is 2.45. The van der Waals surface area contributed by atoms with Gasteiger partial charge >= 0.3 is 0 Å². The lowest BCUT2D eigenvalue weighted by Gasteiger charge is -2.30. The van der Waals surface area contributed by atoms with Crippen molar-refractivity contribution in [3.8, 4) is 0 Å². The van der Waals surface area contributed by atoms with Crippen LogP contribution >= 0.6 is 0 Å². The van der Waals surface area contributed by atoms with Crippen LogP contribution in [0.15, 0.2) is 29.6 Å². The lowest BCUT2D eigenvalue weighted by molar-refractivity contribution is 0.662. The molecular weight excluding hydrogens is 166 g/mol. The van der Waals surface area contributed by atoms with Crippen LogP contribution < -0.4 is 10.3 Å². The number of nitroso groups, excluding NO2 is 1. The number of fused-ring (bicyclic) bond motifs is 1. The molecule has 0 unspecified atom stereocenters. The van der Waals surface area contributed by atoms with Crippen LogP contribution in [0.4, 0.5) is 11.4 Å². The van der Waals surface area contributed by atoms with Gasteiger partial charge in [0.15, 0.2) is 0 Å². The Bertz CT molecular complexity index is 326. The van der Waals surface area contributed by atoms with E-state index in [0.29, 0.717) is 0 Å². The summed E-state index contributed by atoms with van der Waals surface area (Å²) in [7, 11) is 0. The quantitative estimate of drug-likeness (QED) is 0.667. The van der Waals surface area contributed by atoms with Crippen LogP contribution in [0.2, 0.25) is 0 Å². The minimum absolute atomic E-state index is 0.118. The zero-order chi connectivity index (χ0) is 9.26. The molecule has 4 nitrogen and oxygen atoms in total. The topological polar surface area (TPSA) is 44.7 Å². The van der Waals surface area contributed by atoms with E-state index >= 15 is 0 Å². The first-order valence-electron chi connectivity index (χ1n) is 4.28. The van der Waals surface area contributed by atoms with Gasteiger partial charge in [-0.2, -0.15) is 0 Å². The average molecular weight is 177 g/mol. The van der Waals surface area contributed by atoms with Crippen molar-refractivity contribution in [1.29, 1.82) is 0 Å². The lowest BCUT2D eigenvalue weighted by atomic mass is 10.1. The number of nitrogens with one attached hydrogen (secondary N) is 1. The van der Waals surface area contributed by atoms with Crippen LogP contribution in [0, 0.1) is 4.91 Å². The molecule has 1 aliphatic heterocycles. The Morgan fingerprint density at radius 2 is 2.31 bits per heavy atom. The Morgan fingerprint density at radius 1 is 1.54 bits per heavy atom. The Hall–Kier alpha value is -1.58. The zero-order valence-electron chi connectivity index (χ0n) is 7.40. The van der Waals surface area contributed by atoms with Gasteiger partial charge in [-0.3, -0.25) is 0 Å². The fourth-order valence-electron chi connectivity index (χ4n) is 1.53. The maximum absolute atomic E-state index is 10.6. The highest BCUT2D eigenvalue weighted by Gasteiger charge is 2.22. The molecule has 0 aliphatic carbocycles. The Labute approximate surface area is 76.5 Å². The maximum atomic E-state index is 10.6. The first-order chi connectivity index (χ1) is 6.33. The van der Waals surface area contributed by atoms with E-state index in [1.54, 1.807) is 0 Å². The second-order valence-electron chi connectivity index (χ2n) is 3.17. The van der Waals surface area contributed by atoms with Gasteiger partial charge in [-0.05, 0) is 19.1 Å². The van der Waals surface area contributed by atoms with Crippen LogP contribution in [0.25, 0.3) is 0 Å². The SMILES string of the molecule is C[C@@H]1CNc2ccccc2N1N=O. The van der Waals surface area contributed by atoms with Gasteiger partial charge in [-0.1, -0.05) is 12.1 Å². The third-order valence-electron chi connectivity index (χ3n) is 2.24. The third-order valence-corrected chi connectivity index (χ3v) is 2.24. The van der Waals surface area contributed by atoms with Crippen molar-refractivity contribution in [2.75, 3.05) is 16.9 Å². The Morgan fingerprint density at radius 3 is 3.08 bits per heavy atom. The number of rotatable bonds is 1. The minimum Gasteiger partial charge on any atom is -0.381 e. The van der Waals surface area contributed by atoms with Crippen molar-refractivity contribution in [3.63, 3.8) is 0 Å². The van der Waals surface area contributed by atoms with E-state index in [2.05, 4.69) is 10.6 Å². The van der Waals surface area contributed by atoms with Crippen molar-refractivity contribution >= 4 is 11.4 Å². The van der Waals surface area contributed by atoms with E-state index in [4.69, 9.17) is 0 Å². The normalized spacial score (nSPS) is 20.4. The van der Waals surface area contributed by atoms with Crippen molar-refractivity contribution in [2.45, 2.75) is 13.0 Å². The van der Waals surface area contributed by atoms with Crippen LogP contribution in [0.3, 0.4) is 0 Å². The smallest absolute Gasteiger partial charge is 0.0861 e. The summed E-state index contributed by atoms with van der Waals surface area (Å²) < 4.78 is 0. The van der Waals surface area contributed by atoms with Crippen LogP contribution in [-0.2, 0) is 0 Å². The van der Waals surface area contributed by atoms with E-state index in [9.17, 15) is 4.91 Å². The Kier molecular flexibility index (Phi) is 1.88. The summed E-state index contributed by atoms with van der Waals surface area (Å²) >= 11 is 0. The summed E-state index contributed by atoms with van der Waals surface area (Å²) in [5.41, 5.74) is 1.83. The molecule has 0 fully saturated rings. The van der Waals surface area contributed by atoms with Crippen molar-refractivity contribution in [2.24, 2.45) is 5.29 Å². The molecule has 1 aromatic rings. The van der Waals surface area contributed by atoms with Gasteiger partial charge in [0.25, 0.3) is 0 Å². The zero-order valence-corrected chi connectivity index (χ0v) is 7.40. The minimum atomic E-state index is 0.118. The second-order valence-corrected chi connectivity index (χ2v) is 3.17. The molecule has 1 N–H and O–H groups in total. The lowest BCUT2D eigenvalue weighted by Crippen LogP contribution is -2.38. The highest BCUT2D eigenvalue weighted by molar-refractivity contribution is 5.72. The number of nitrogens with zero attached hydrogens (tertiary/aromatic N) is 2. The number of para-hydroxylation sites is 2. The second kappa shape index (κ2) is 3.05. The molecule has 13 heavy (non-hydrogen) atoms. The summed E-state index contributed by atoms with van der Waals surface area (Å²) in [5, 5.41) is 7.76. The van der Waals surface area contributed by atoms with Gasteiger partial charge in [-0.15, -0.1) is 4.91 Å². The van der Waals surface area contributed by atoms with E-state index < -0.39 is 0 Å². The van der Waals surface area contributed by atoms with Crippen LogP contribution in [-0.4, -0.2) is 12.6 Å². The van der Waals surface area contributed by atoms with E-state index in [1.165, 1.54) is 5.01 Å².